The number of hydrogen-bond donors (Lipinski definition) is 1. The van der Waals surface area contributed by atoms with Crippen molar-refractivity contribution in [3.05, 3.63) is 60.8 Å². The van der Waals surface area contributed by atoms with E-state index in [-0.39, 0.29) is 32.0 Å². The topological polar surface area (TPSA) is 108 Å². The quantitative estimate of drug-likeness (QED) is 0.0213. The van der Waals surface area contributed by atoms with Gasteiger partial charge in [0.25, 0.3) is 0 Å². The van der Waals surface area contributed by atoms with E-state index in [2.05, 4.69) is 74.6 Å². The van der Waals surface area contributed by atoms with Gasteiger partial charge in [-0.1, -0.05) is 158 Å². The van der Waals surface area contributed by atoms with Crippen molar-refractivity contribution in [3.8, 4) is 0 Å². The number of likely N-dealkylation sites (N-methyl/N-ethyl adjacent to an activating group) is 1. The van der Waals surface area contributed by atoms with Crippen molar-refractivity contribution in [1.82, 2.24) is 0 Å². The molecule has 0 spiro atoms. The van der Waals surface area contributed by atoms with Crippen LogP contribution >= 0.6 is 7.82 Å². The van der Waals surface area contributed by atoms with Crippen molar-refractivity contribution < 1.29 is 42.1 Å². The summed E-state index contributed by atoms with van der Waals surface area (Å²) in [6.45, 7) is 4.27. The van der Waals surface area contributed by atoms with Crippen molar-refractivity contribution >= 4 is 19.8 Å². The lowest BCUT2D eigenvalue weighted by molar-refractivity contribution is -0.870. The maximum atomic E-state index is 12.7. The highest BCUT2D eigenvalue weighted by Crippen LogP contribution is 2.43. The number of carbonyl (C=O) groups excluding carboxylic acids is 2. The number of phosphoric acid groups is 1. The third kappa shape index (κ3) is 45.1. The molecule has 2 atom stereocenters. The minimum absolute atomic E-state index is 0.0275. The molecule has 0 radical (unpaired) electrons. The SMILES string of the molecule is CC/C=C\C/C=C\C/C=C\C/C=C\CCCCCCCCCCCCC(=O)OC(COC(=O)CCCCCCC/C=C\CCCCC)COP(=O)(O)OCC[N+](C)(C)C. The molecule has 1 N–H and O–H groups in total. The van der Waals surface area contributed by atoms with Crippen LogP contribution in [-0.4, -0.2) is 74.9 Å². The van der Waals surface area contributed by atoms with Gasteiger partial charge in [0.15, 0.2) is 6.10 Å². The molecule has 342 valence electrons. The number of nitrogens with zero attached hydrogens (tertiary/aromatic N) is 1. The molecule has 0 aliphatic heterocycles. The van der Waals surface area contributed by atoms with E-state index < -0.39 is 26.5 Å². The zero-order valence-corrected chi connectivity index (χ0v) is 39.4. The molecule has 10 heteroatoms. The summed E-state index contributed by atoms with van der Waals surface area (Å²) in [5.74, 6) is -0.816. The summed E-state index contributed by atoms with van der Waals surface area (Å²) in [5.41, 5.74) is 0. The van der Waals surface area contributed by atoms with Crippen LogP contribution in [-0.2, 0) is 32.7 Å². The second-order valence-electron chi connectivity index (χ2n) is 16.8. The second-order valence-corrected chi connectivity index (χ2v) is 18.2. The minimum atomic E-state index is -4.38. The van der Waals surface area contributed by atoms with Gasteiger partial charge in [-0.3, -0.25) is 18.6 Å². The van der Waals surface area contributed by atoms with Crippen LogP contribution in [0.4, 0.5) is 0 Å². The normalized spacial score (nSPS) is 14.1. The lowest BCUT2D eigenvalue weighted by Crippen LogP contribution is -2.37. The van der Waals surface area contributed by atoms with Gasteiger partial charge in [-0.05, 0) is 77.0 Å². The summed E-state index contributed by atoms with van der Waals surface area (Å²) in [6, 6.07) is 0. The lowest BCUT2D eigenvalue weighted by atomic mass is 10.0. The van der Waals surface area contributed by atoms with Crippen LogP contribution in [0.5, 0.6) is 0 Å². The predicted octanol–water partition coefficient (Wildman–Crippen LogP) is 13.6. The van der Waals surface area contributed by atoms with E-state index in [4.69, 9.17) is 18.5 Å². The Bertz CT molecular complexity index is 1190. The average molecular weight is 851 g/mol. The van der Waals surface area contributed by atoms with Gasteiger partial charge in [-0.25, -0.2) is 4.57 Å². The van der Waals surface area contributed by atoms with Gasteiger partial charge in [0, 0.05) is 12.8 Å². The van der Waals surface area contributed by atoms with Crippen molar-refractivity contribution in [2.75, 3.05) is 47.5 Å². The summed E-state index contributed by atoms with van der Waals surface area (Å²) in [7, 11) is 1.46. The highest BCUT2D eigenvalue weighted by atomic mass is 31.2. The molecule has 0 saturated carbocycles. The number of ether oxygens (including phenoxy) is 2. The Labute approximate surface area is 362 Å². The minimum Gasteiger partial charge on any atom is -0.462 e. The number of carbonyl (C=O) groups is 2. The first-order valence-electron chi connectivity index (χ1n) is 23.5. The maximum Gasteiger partial charge on any atom is 0.472 e. The fourth-order valence-corrected chi connectivity index (χ4v) is 6.86. The summed E-state index contributed by atoms with van der Waals surface area (Å²) in [4.78, 5) is 35.4. The van der Waals surface area contributed by atoms with Gasteiger partial charge in [0.1, 0.15) is 19.8 Å². The van der Waals surface area contributed by atoms with Gasteiger partial charge in [-0.2, -0.15) is 0 Å². The molecule has 2 unspecified atom stereocenters. The largest absolute Gasteiger partial charge is 0.472 e. The van der Waals surface area contributed by atoms with Crippen molar-refractivity contribution in [1.29, 1.82) is 0 Å². The Hall–Kier alpha value is -2.29. The average Bonchev–Trinajstić information content (AvgIpc) is 3.19. The molecule has 0 fully saturated rings. The van der Waals surface area contributed by atoms with Crippen molar-refractivity contribution in [2.24, 2.45) is 0 Å². The molecule has 0 aromatic carbocycles. The first kappa shape index (κ1) is 56.7. The fraction of sp³-hybridized carbons (Fsp3) is 0.755. The molecule has 0 aliphatic rings. The van der Waals surface area contributed by atoms with Gasteiger partial charge in [0.05, 0.1) is 27.7 Å². The number of allylic oxidation sites excluding steroid dienone is 10. The van der Waals surface area contributed by atoms with Crippen LogP contribution in [0.15, 0.2) is 60.8 Å². The van der Waals surface area contributed by atoms with E-state index >= 15 is 0 Å². The summed E-state index contributed by atoms with van der Waals surface area (Å²) in [6.07, 6.45) is 49.8. The maximum absolute atomic E-state index is 12.7. The van der Waals surface area contributed by atoms with Gasteiger partial charge in [0.2, 0.25) is 0 Å². The van der Waals surface area contributed by atoms with Crippen LogP contribution in [0.3, 0.4) is 0 Å². The van der Waals surface area contributed by atoms with E-state index in [1.165, 1.54) is 64.2 Å². The molecule has 0 saturated heterocycles. The first-order chi connectivity index (χ1) is 28.5. The van der Waals surface area contributed by atoms with Crippen LogP contribution in [0.1, 0.15) is 187 Å². The smallest absolute Gasteiger partial charge is 0.462 e. The molecule has 0 aromatic heterocycles. The molecule has 0 aliphatic carbocycles. The van der Waals surface area contributed by atoms with Crippen molar-refractivity contribution in [2.45, 2.75) is 193 Å². The van der Waals surface area contributed by atoms with Gasteiger partial charge in [-0.15, -0.1) is 0 Å². The van der Waals surface area contributed by atoms with E-state index in [1.807, 2.05) is 21.1 Å². The van der Waals surface area contributed by atoms with Gasteiger partial charge >= 0.3 is 19.8 Å². The number of rotatable bonds is 42. The van der Waals surface area contributed by atoms with E-state index in [0.717, 1.165) is 89.9 Å². The Balaban J connectivity index is 4.27. The molecule has 0 aromatic rings. The molecule has 0 amide bonds. The number of hydrogen-bond acceptors (Lipinski definition) is 7. The molecular formula is C49H89NO8P+. The monoisotopic (exact) mass is 851 g/mol. The van der Waals surface area contributed by atoms with Crippen LogP contribution in [0, 0.1) is 0 Å². The highest BCUT2D eigenvalue weighted by Gasteiger charge is 2.27. The molecule has 0 bridgehead atoms. The Kier molecular flexibility index (Phi) is 39.5. The zero-order chi connectivity index (χ0) is 43.6. The Morgan fingerprint density at radius 1 is 0.542 bits per heavy atom. The second kappa shape index (κ2) is 41.1. The summed E-state index contributed by atoms with van der Waals surface area (Å²) in [5, 5.41) is 0. The Morgan fingerprint density at radius 3 is 1.46 bits per heavy atom. The lowest BCUT2D eigenvalue weighted by Gasteiger charge is -2.24. The summed E-state index contributed by atoms with van der Waals surface area (Å²) >= 11 is 0. The van der Waals surface area contributed by atoms with Gasteiger partial charge < -0.3 is 18.9 Å². The number of unbranched alkanes of at least 4 members (excludes halogenated alkanes) is 18. The van der Waals surface area contributed by atoms with E-state index in [0.29, 0.717) is 17.4 Å². The van der Waals surface area contributed by atoms with Crippen LogP contribution < -0.4 is 0 Å². The summed E-state index contributed by atoms with van der Waals surface area (Å²) < 4.78 is 34.3. The zero-order valence-electron chi connectivity index (χ0n) is 38.5. The third-order valence-electron chi connectivity index (χ3n) is 9.78. The predicted molar refractivity (Wildman–Crippen MR) is 247 cm³/mol. The van der Waals surface area contributed by atoms with Crippen LogP contribution in [0.25, 0.3) is 0 Å². The molecule has 0 rings (SSSR count). The number of quaternary nitrogens is 1. The van der Waals surface area contributed by atoms with Crippen molar-refractivity contribution in [3.63, 3.8) is 0 Å². The fourth-order valence-electron chi connectivity index (χ4n) is 6.12. The third-order valence-corrected chi connectivity index (χ3v) is 10.8. The molecule has 0 heterocycles. The molecule has 59 heavy (non-hydrogen) atoms. The highest BCUT2D eigenvalue weighted by molar-refractivity contribution is 7.47. The number of esters is 2. The number of phosphoric ester groups is 1. The molecule has 9 nitrogen and oxygen atoms in total. The first-order valence-corrected chi connectivity index (χ1v) is 25.0. The van der Waals surface area contributed by atoms with E-state index in [9.17, 15) is 19.0 Å². The Morgan fingerprint density at radius 2 is 0.966 bits per heavy atom. The standard InChI is InChI=1S/C49H88NO8P/c1-6-8-10-12-14-16-18-20-21-22-23-24-25-26-27-28-29-30-32-34-36-38-40-42-49(52)58-47(46-57-59(53,54)56-44-43-50(3,4)5)45-55-48(51)41-39-37-35-33-31-19-17-15-13-11-9-7-2/h8,10,14-17,20-21,23-24,47H,6-7,9,11-13,18-19,22,25-46H2,1-5H3/p+1/b10-8-,16-14-,17-15-,21-20-,24-23-. The molecular weight excluding hydrogens is 762 g/mol. The van der Waals surface area contributed by atoms with E-state index in [1.54, 1.807) is 0 Å². The van der Waals surface area contributed by atoms with Crippen LogP contribution in [0.2, 0.25) is 0 Å².